The number of rotatable bonds is 8. The zero-order valence-corrected chi connectivity index (χ0v) is 17.0. The number of nitrogens with zero attached hydrogens (tertiary/aromatic N) is 2. The van der Waals surface area contributed by atoms with Crippen LogP contribution in [0.5, 0.6) is 0 Å². The Hall–Kier alpha value is -2.86. The summed E-state index contributed by atoms with van der Waals surface area (Å²) >= 11 is 0. The third kappa shape index (κ3) is 6.61. The predicted molar refractivity (Wildman–Crippen MR) is 116 cm³/mol. The molecule has 29 heavy (non-hydrogen) atoms. The first-order chi connectivity index (χ1) is 14.1. The third-order valence-corrected chi connectivity index (χ3v) is 5.30. The van der Waals surface area contributed by atoms with Gasteiger partial charge >= 0.3 is 6.03 Å². The second-order valence-corrected chi connectivity index (χ2v) is 7.56. The highest BCUT2D eigenvalue weighted by Crippen LogP contribution is 2.21. The Kier molecular flexibility index (Phi) is 7.64. The van der Waals surface area contributed by atoms with Gasteiger partial charge in [-0.05, 0) is 43.6 Å². The van der Waals surface area contributed by atoms with Gasteiger partial charge < -0.3 is 20.4 Å². The monoisotopic (exact) mass is 394 g/mol. The van der Waals surface area contributed by atoms with Gasteiger partial charge in [0.25, 0.3) is 0 Å². The lowest BCUT2D eigenvalue weighted by molar-refractivity contribution is -0.129. The van der Waals surface area contributed by atoms with Crippen molar-refractivity contribution in [2.24, 2.45) is 0 Å². The number of likely N-dealkylation sites (tertiary alicyclic amines) is 1. The molecule has 2 aromatic rings. The molecule has 1 aliphatic heterocycles. The molecule has 3 amide bonds. The van der Waals surface area contributed by atoms with E-state index in [0.29, 0.717) is 12.2 Å². The Morgan fingerprint density at radius 1 is 1.00 bits per heavy atom. The van der Waals surface area contributed by atoms with Gasteiger partial charge in [-0.1, -0.05) is 48.5 Å². The molecule has 6 heteroatoms. The number of urea groups is 1. The van der Waals surface area contributed by atoms with Gasteiger partial charge in [-0.3, -0.25) is 4.79 Å². The molecule has 0 spiro atoms. The van der Waals surface area contributed by atoms with E-state index in [2.05, 4.69) is 27.7 Å². The minimum Gasteiger partial charge on any atom is -0.344 e. The Bertz CT molecular complexity index is 776. The molecule has 3 rings (SSSR count). The maximum absolute atomic E-state index is 12.6. The van der Waals surface area contributed by atoms with Crippen LogP contribution in [0.1, 0.15) is 24.3 Å². The van der Waals surface area contributed by atoms with Gasteiger partial charge in [0, 0.05) is 31.7 Å². The van der Waals surface area contributed by atoms with Crippen LogP contribution in [0.15, 0.2) is 60.7 Å². The topological polar surface area (TPSA) is 64.7 Å². The fraction of sp³-hybridized carbons (Fsp3) is 0.391. The van der Waals surface area contributed by atoms with Crippen molar-refractivity contribution in [1.29, 1.82) is 0 Å². The molecule has 2 N–H and O–H groups in total. The van der Waals surface area contributed by atoms with Gasteiger partial charge in [-0.2, -0.15) is 0 Å². The summed E-state index contributed by atoms with van der Waals surface area (Å²) in [7, 11) is 1.80. The summed E-state index contributed by atoms with van der Waals surface area (Å²) in [6, 6.07) is 19.2. The molecule has 0 saturated carbocycles. The number of carbonyl (C=O) groups excluding carboxylic acids is 2. The van der Waals surface area contributed by atoms with Crippen LogP contribution in [0, 0.1) is 0 Å². The van der Waals surface area contributed by atoms with E-state index < -0.39 is 0 Å². The number of amides is 3. The van der Waals surface area contributed by atoms with E-state index >= 15 is 0 Å². The molecule has 1 unspecified atom stereocenters. The molecular weight excluding hydrogens is 364 g/mol. The average molecular weight is 395 g/mol. The van der Waals surface area contributed by atoms with Crippen molar-refractivity contribution in [3.8, 4) is 0 Å². The van der Waals surface area contributed by atoms with E-state index in [0.717, 1.165) is 19.6 Å². The smallest absolute Gasteiger partial charge is 0.319 e. The Balaban J connectivity index is 1.51. The van der Waals surface area contributed by atoms with Crippen LogP contribution in [0.2, 0.25) is 0 Å². The van der Waals surface area contributed by atoms with Crippen molar-refractivity contribution < 1.29 is 9.59 Å². The third-order valence-electron chi connectivity index (χ3n) is 5.30. The van der Waals surface area contributed by atoms with E-state index in [-0.39, 0.29) is 24.4 Å². The van der Waals surface area contributed by atoms with Crippen LogP contribution in [0.4, 0.5) is 10.5 Å². The molecule has 1 saturated heterocycles. The maximum Gasteiger partial charge on any atom is 0.319 e. The number of likely N-dealkylation sites (N-methyl/N-ethyl adjacent to an activating group) is 1. The van der Waals surface area contributed by atoms with Gasteiger partial charge in [-0.25, -0.2) is 4.79 Å². The minimum absolute atomic E-state index is 0.0274. The summed E-state index contributed by atoms with van der Waals surface area (Å²) in [6.45, 7) is 3.80. The summed E-state index contributed by atoms with van der Waals surface area (Å²) in [5.74, 6) is 0.150. The Morgan fingerprint density at radius 3 is 2.28 bits per heavy atom. The number of carbonyl (C=O) groups is 2. The lowest BCUT2D eigenvalue weighted by Crippen LogP contribution is -2.42. The van der Waals surface area contributed by atoms with Crippen LogP contribution in [0.3, 0.4) is 0 Å². The van der Waals surface area contributed by atoms with Crippen LogP contribution < -0.4 is 10.6 Å². The largest absolute Gasteiger partial charge is 0.344 e. The van der Waals surface area contributed by atoms with Crippen molar-refractivity contribution in [3.05, 3.63) is 66.2 Å². The van der Waals surface area contributed by atoms with E-state index in [9.17, 15) is 9.59 Å². The zero-order valence-electron chi connectivity index (χ0n) is 17.0. The second-order valence-electron chi connectivity index (χ2n) is 7.56. The molecule has 6 nitrogen and oxygen atoms in total. The van der Waals surface area contributed by atoms with Gasteiger partial charge in [-0.15, -0.1) is 0 Å². The summed E-state index contributed by atoms with van der Waals surface area (Å²) < 4.78 is 0. The second kappa shape index (κ2) is 10.6. The molecule has 1 fully saturated rings. The van der Waals surface area contributed by atoms with Crippen LogP contribution in [0.25, 0.3) is 0 Å². The molecule has 1 atom stereocenters. The van der Waals surface area contributed by atoms with Crippen LogP contribution >= 0.6 is 0 Å². The summed E-state index contributed by atoms with van der Waals surface area (Å²) in [5, 5.41) is 5.37. The molecule has 0 bridgehead atoms. The first-order valence-corrected chi connectivity index (χ1v) is 10.2. The average Bonchev–Trinajstić information content (AvgIpc) is 3.26. The van der Waals surface area contributed by atoms with Crippen LogP contribution in [-0.4, -0.2) is 61.5 Å². The van der Waals surface area contributed by atoms with E-state index in [4.69, 9.17) is 0 Å². The number of hydrogen-bond acceptors (Lipinski definition) is 3. The number of para-hydroxylation sites is 1. The fourth-order valence-electron chi connectivity index (χ4n) is 3.69. The van der Waals surface area contributed by atoms with Crippen LogP contribution in [-0.2, 0) is 4.79 Å². The minimum atomic E-state index is -0.380. The van der Waals surface area contributed by atoms with Crippen molar-refractivity contribution >= 4 is 17.6 Å². The first kappa shape index (κ1) is 20.9. The highest BCUT2D eigenvalue weighted by Gasteiger charge is 2.22. The lowest BCUT2D eigenvalue weighted by Gasteiger charge is -2.28. The Morgan fingerprint density at radius 2 is 1.62 bits per heavy atom. The number of anilines is 1. The molecule has 1 heterocycles. The molecule has 0 aromatic heterocycles. The Labute approximate surface area is 172 Å². The van der Waals surface area contributed by atoms with Crippen molar-refractivity contribution in [2.45, 2.75) is 18.8 Å². The van der Waals surface area contributed by atoms with Gasteiger partial charge in [0.05, 0.1) is 6.54 Å². The fourth-order valence-corrected chi connectivity index (χ4v) is 3.69. The van der Waals surface area contributed by atoms with Crippen molar-refractivity contribution in [1.82, 2.24) is 15.1 Å². The number of hydrogen-bond donors (Lipinski definition) is 2. The van der Waals surface area contributed by atoms with Gasteiger partial charge in [0.1, 0.15) is 0 Å². The molecule has 0 radical (unpaired) electrons. The molecule has 154 valence electrons. The molecule has 2 aromatic carbocycles. The quantitative estimate of drug-likeness (QED) is 0.723. The van der Waals surface area contributed by atoms with E-state index in [1.54, 1.807) is 24.1 Å². The van der Waals surface area contributed by atoms with Crippen molar-refractivity contribution in [3.63, 3.8) is 0 Å². The zero-order chi connectivity index (χ0) is 20.5. The molecular formula is C23H30N4O2. The SMILES string of the molecule is CN(CC(CN1CCCC1)c1ccccc1)C(=O)CNC(=O)Nc1ccccc1. The standard InChI is InChI=1S/C23H30N4O2/c1-26(22(28)16-24-23(29)25-21-12-6-3-7-13-21)17-20(18-27-14-8-9-15-27)19-10-4-2-5-11-19/h2-7,10-13,20H,8-9,14-18H2,1H3,(H2,24,25,29). The summed E-state index contributed by atoms with van der Waals surface area (Å²) in [5.41, 5.74) is 1.94. The highest BCUT2D eigenvalue weighted by molar-refractivity contribution is 5.92. The van der Waals surface area contributed by atoms with E-state index in [1.165, 1.54) is 18.4 Å². The van der Waals surface area contributed by atoms with Gasteiger partial charge in [0.2, 0.25) is 5.91 Å². The van der Waals surface area contributed by atoms with Gasteiger partial charge in [0.15, 0.2) is 0 Å². The predicted octanol–water partition coefficient (Wildman–Crippen LogP) is 3.15. The number of nitrogens with one attached hydrogen (secondary N) is 2. The molecule has 0 aliphatic carbocycles. The summed E-state index contributed by atoms with van der Waals surface area (Å²) in [4.78, 5) is 28.8. The summed E-state index contributed by atoms with van der Waals surface area (Å²) in [6.07, 6.45) is 2.49. The lowest BCUT2D eigenvalue weighted by atomic mass is 9.98. The highest BCUT2D eigenvalue weighted by atomic mass is 16.2. The van der Waals surface area contributed by atoms with Crippen molar-refractivity contribution in [2.75, 3.05) is 45.1 Å². The maximum atomic E-state index is 12.6. The number of benzene rings is 2. The first-order valence-electron chi connectivity index (χ1n) is 10.2. The van der Waals surface area contributed by atoms with E-state index in [1.807, 2.05) is 36.4 Å². The normalized spacial score (nSPS) is 14.9. The molecule has 1 aliphatic rings.